The van der Waals surface area contributed by atoms with E-state index in [1.807, 2.05) is 27.7 Å². The number of thioether (sulfide) groups is 1. The summed E-state index contributed by atoms with van der Waals surface area (Å²) in [5.74, 6) is 0.238. The molecule has 1 aliphatic heterocycles. The molecule has 0 spiro atoms. The molecule has 0 aromatic carbocycles. The van der Waals surface area contributed by atoms with E-state index >= 15 is 0 Å². The molecule has 2 aliphatic carbocycles. The van der Waals surface area contributed by atoms with E-state index in [4.69, 9.17) is 8.92 Å². The molecule has 7 nitrogen and oxygen atoms in total. The average Bonchev–Trinajstić information content (AvgIpc) is 3.13. The molecule has 0 radical (unpaired) electrons. The second-order valence-corrected chi connectivity index (χ2v) is 11.6. The second kappa shape index (κ2) is 7.31. The fourth-order valence-electron chi connectivity index (χ4n) is 4.40. The first kappa shape index (κ1) is 21.1. The van der Waals surface area contributed by atoms with Gasteiger partial charge < -0.3 is 10.1 Å². The van der Waals surface area contributed by atoms with Crippen LogP contribution in [0.2, 0.25) is 0 Å². The van der Waals surface area contributed by atoms with Crippen LogP contribution in [-0.2, 0) is 28.6 Å². The van der Waals surface area contributed by atoms with Gasteiger partial charge in [0, 0.05) is 23.6 Å². The van der Waals surface area contributed by atoms with E-state index in [1.54, 1.807) is 0 Å². The molecule has 2 bridgehead atoms. The summed E-state index contributed by atoms with van der Waals surface area (Å²) in [5, 5.41) is 2.46. The highest BCUT2D eigenvalue weighted by Crippen LogP contribution is 2.61. The third kappa shape index (κ3) is 3.93. The molecule has 1 saturated heterocycles. The maximum Gasteiger partial charge on any atom is 0.270 e. The number of nitrogens with one attached hydrogen (secondary N) is 1. The number of fused-ring (bicyclic) bond motifs is 1. The van der Waals surface area contributed by atoms with E-state index in [0.717, 1.165) is 12.8 Å². The predicted molar refractivity (Wildman–Crippen MR) is 103 cm³/mol. The van der Waals surface area contributed by atoms with Crippen LogP contribution in [0.1, 0.15) is 47.0 Å². The predicted octanol–water partition coefficient (Wildman–Crippen LogP) is 1.71. The van der Waals surface area contributed by atoms with Crippen LogP contribution in [0.5, 0.6) is 0 Å². The zero-order valence-electron chi connectivity index (χ0n) is 16.3. The lowest BCUT2D eigenvalue weighted by atomic mass is 9.82. The largest absolute Gasteiger partial charge is 0.365 e. The summed E-state index contributed by atoms with van der Waals surface area (Å²) < 4.78 is 35.2. The Morgan fingerprint density at radius 2 is 2.04 bits per heavy atom. The van der Waals surface area contributed by atoms with E-state index in [0.29, 0.717) is 18.7 Å². The van der Waals surface area contributed by atoms with E-state index in [9.17, 15) is 18.0 Å². The van der Waals surface area contributed by atoms with Gasteiger partial charge in [-0.15, -0.1) is 0 Å². The lowest BCUT2D eigenvalue weighted by molar-refractivity contribution is -0.133. The highest BCUT2D eigenvalue weighted by molar-refractivity contribution is 8.13. The van der Waals surface area contributed by atoms with Gasteiger partial charge in [0.2, 0.25) is 5.91 Å². The zero-order chi connectivity index (χ0) is 20.0. The minimum atomic E-state index is -3.50. The van der Waals surface area contributed by atoms with Crippen LogP contribution in [0.15, 0.2) is 0 Å². The molecule has 5 atom stereocenters. The molecule has 0 aromatic heterocycles. The first-order valence-corrected chi connectivity index (χ1v) is 11.9. The van der Waals surface area contributed by atoms with Crippen LogP contribution in [0.3, 0.4) is 0 Å². The molecule has 1 heterocycles. The Morgan fingerprint density at radius 3 is 2.70 bits per heavy atom. The fraction of sp³-hybridized carbons (Fsp3) is 0.889. The topological polar surface area (TPSA) is 98.8 Å². The van der Waals surface area contributed by atoms with Gasteiger partial charge in [0.15, 0.2) is 5.12 Å². The van der Waals surface area contributed by atoms with Crippen LogP contribution in [0.4, 0.5) is 0 Å². The Labute approximate surface area is 165 Å². The maximum atomic E-state index is 12.1. The number of hydrogen-bond acceptors (Lipinski definition) is 7. The number of hydrogen-bond donors (Lipinski definition) is 1. The molecule has 0 aromatic rings. The minimum absolute atomic E-state index is 0.0163. The van der Waals surface area contributed by atoms with E-state index in [1.165, 1.54) is 11.8 Å². The lowest BCUT2D eigenvalue weighted by Crippen LogP contribution is -2.43. The third-order valence-corrected chi connectivity index (χ3v) is 9.33. The van der Waals surface area contributed by atoms with Crippen molar-refractivity contribution in [3.05, 3.63) is 0 Å². The summed E-state index contributed by atoms with van der Waals surface area (Å²) in [4.78, 5) is 24.1. The Kier molecular flexibility index (Phi) is 5.71. The van der Waals surface area contributed by atoms with Crippen molar-refractivity contribution < 1.29 is 26.9 Å². The SMILES string of the molecule is CCC(C)(C)C(=O)SCCNC(=O)COC1C2OS(=O)(=O)C3CC1(C)CC23. The average molecular weight is 420 g/mol. The van der Waals surface area contributed by atoms with Gasteiger partial charge in [-0.25, -0.2) is 0 Å². The molecule has 3 aliphatic rings. The van der Waals surface area contributed by atoms with Gasteiger partial charge in [-0.3, -0.25) is 13.8 Å². The number of rotatable bonds is 8. The summed E-state index contributed by atoms with van der Waals surface area (Å²) in [7, 11) is -3.50. The van der Waals surface area contributed by atoms with Crippen LogP contribution < -0.4 is 5.32 Å². The maximum absolute atomic E-state index is 12.1. The Morgan fingerprint density at radius 1 is 1.33 bits per heavy atom. The number of carbonyl (C=O) groups is 2. The van der Waals surface area contributed by atoms with Gasteiger partial charge in [0.05, 0.1) is 11.4 Å². The number of carbonyl (C=O) groups excluding carboxylic acids is 2. The monoisotopic (exact) mass is 419 g/mol. The van der Waals surface area contributed by atoms with Crippen molar-refractivity contribution in [2.75, 3.05) is 18.9 Å². The van der Waals surface area contributed by atoms with Crippen molar-refractivity contribution in [2.45, 2.75) is 64.4 Å². The highest BCUT2D eigenvalue weighted by atomic mass is 32.2. The molecule has 9 heteroatoms. The van der Waals surface area contributed by atoms with Gasteiger partial charge in [-0.2, -0.15) is 8.42 Å². The molecule has 1 N–H and O–H groups in total. The molecule has 1 amide bonds. The number of ether oxygens (including phenoxy) is 1. The van der Waals surface area contributed by atoms with E-state index in [2.05, 4.69) is 5.32 Å². The van der Waals surface area contributed by atoms with Crippen molar-refractivity contribution in [3.8, 4) is 0 Å². The molecule has 3 fully saturated rings. The van der Waals surface area contributed by atoms with Crippen LogP contribution >= 0.6 is 11.8 Å². The van der Waals surface area contributed by atoms with Crippen molar-refractivity contribution in [1.82, 2.24) is 5.32 Å². The highest BCUT2D eigenvalue weighted by Gasteiger charge is 2.69. The minimum Gasteiger partial charge on any atom is -0.365 e. The molecular weight excluding hydrogens is 390 g/mol. The number of amides is 1. The summed E-state index contributed by atoms with van der Waals surface area (Å²) in [6, 6.07) is 0. The Hall–Kier alpha value is -0.640. The molecule has 27 heavy (non-hydrogen) atoms. The second-order valence-electron chi connectivity index (χ2n) is 8.77. The van der Waals surface area contributed by atoms with Crippen molar-refractivity contribution in [2.24, 2.45) is 16.7 Å². The van der Waals surface area contributed by atoms with Crippen LogP contribution in [0.25, 0.3) is 0 Å². The molecule has 154 valence electrons. The zero-order valence-corrected chi connectivity index (χ0v) is 18.0. The van der Waals surface area contributed by atoms with Gasteiger partial charge in [0.1, 0.15) is 12.7 Å². The lowest BCUT2D eigenvalue weighted by Gasteiger charge is -2.32. The smallest absolute Gasteiger partial charge is 0.270 e. The first-order valence-electron chi connectivity index (χ1n) is 9.48. The van der Waals surface area contributed by atoms with Gasteiger partial charge in [0.25, 0.3) is 10.1 Å². The van der Waals surface area contributed by atoms with E-state index < -0.39 is 21.5 Å². The molecule has 3 rings (SSSR count). The van der Waals surface area contributed by atoms with Crippen molar-refractivity contribution >= 4 is 32.9 Å². The Balaban J connectivity index is 1.41. The summed E-state index contributed by atoms with van der Waals surface area (Å²) in [5.41, 5.74) is -0.605. The standard InChI is InChI=1S/C18H29NO6S2/c1-5-17(2,3)16(21)26-7-6-19-13(20)10-24-15-14-11-8-18(15,4)9-12(11)27(22,23)25-14/h11-12,14-15H,5-10H2,1-4H3,(H,19,20). The van der Waals surface area contributed by atoms with Gasteiger partial charge in [-0.05, 0) is 24.7 Å². The molecular formula is C18H29NO6S2. The third-order valence-electron chi connectivity index (χ3n) is 6.36. The molecule has 5 unspecified atom stereocenters. The Bertz CT molecular complexity index is 721. The fourth-order valence-corrected chi connectivity index (χ4v) is 7.28. The van der Waals surface area contributed by atoms with Crippen molar-refractivity contribution in [1.29, 1.82) is 0 Å². The van der Waals surface area contributed by atoms with Gasteiger partial charge >= 0.3 is 0 Å². The van der Waals surface area contributed by atoms with E-state index in [-0.39, 0.29) is 40.5 Å². The quantitative estimate of drug-likeness (QED) is 0.472. The van der Waals surface area contributed by atoms with Crippen LogP contribution in [-0.4, -0.2) is 55.8 Å². The van der Waals surface area contributed by atoms with Crippen molar-refractivity contribution in [3.63, 3.8) is 0 Å². The summed E-state index contributed by atoms with van der Waals surface area (Å²) in [6.45, 7) is 8.09. The normalized spacial score (nSPS) is 36.1. The summed E-state index contributed by atoms with van der Waals surface area (Å²) in [6.07, 6.45) is 1.24. The first-order chi connectivity index (χ1) is 12.5. The van der Waals surface area contributed by atoms with Crippen LogP contribution in [0, 0.1) is 16.7 Å². The van der Waals surface area contributed by atoms with Gasteiger partial charge in [-0.1, -0.05) is 39.5 Å². The molecule has 2 saturated carbocycles. The summed E-state index contributed by atoms with van der Waals surface area (Å²) >= 11 is 1.23.